The molecule has 36 heavy (non-hydrogen) atoms. The minimum atomic E-state index is -0.794. The van der Waals surface area contributed by atoms with Gasteiger partial charge in [-0.25, -0.2) is 4.98 Å². The van der Waals surface area contributed by atoms with E-state index in [2.05, 4.69) is 30.7 Å². The van der Waals surface area contributed by atoms with Crippen molar-refractivity contribution < 1.29 is 19.1 Å². The fraction of sp³-hybridized carbons (Fsp3) is 0.310. The molecule has 7 nitrogen and oxygen atoms in total. The van der Waals surface area contributed by atoms with E-state index in [-0.39, 0.29) is 18.3 Å². The number of aromatic nitrogens is 3. The lowest BCUT2D eigenvalue weighted by molar-refractivity contribution is -0.136. The van der Waals surface area contributed by atoms with Gasteiger partial charge >= 0.3 is 5.97 Å². The van der Waals surface area contributed by atoms with Crippen molar-refractivity contribution in [1.82, 2.24) is 15.0 Å². The van der Waals surface area contributed by atoms with Crippen molar-refractivity contribution in [3.05, 3.63) is 83.6 Å². The second-order valence-corrected chi connectivity index (χ2v) is 9.29. The number of benzene rings is 2. The number of nitrogens with zero attached hydrogens (tertiary/aromatic N) is 3. The maximum absolute atomic E-state index is 10.9. The number of aliphatic carboxylic acids is 1. The number of hydrogen-bond donors (Lipinski definition) is 1. The number of carbonyl (C=O) groups is 1. The number of carboxylic acids is 1. The van der Waals surface area contributed by atoms with Crippen molar-refractivity contribution in [2.24, 2.45) is 0 Å². The third-order valence-electron chi connectivity index (χ3n) is 6.09. The Kier molecular flexibility index (Phi) is 7.78. The van der Waals surface area contributed by atoms with Gasteiger partial charge in [-0.3, -0.25) is 14.8 Å². The second-order valence-electron chi connectivity index (χ2n) is 9.29. The highest BCUT2D eigenvalue weighted by Crippen LogP contribution is 2.32. The van der Waals surface area contributed by atoms with Crippen LogP contribution in [-0.2, 0) is 11.2 Å². The van der Waals surface area contributed by atoms with Crippen LogP contribution >= 0.6 is 0 Å². The summed E-state index contributed by atoms with van der Waals surface area (Å²) in [4.78, 5) is 24.2. The molecule has 0 radical (unpaired) electrons. The Morgan fingerprint density at radius 3 is 2.44 bits per heavy atom. The molecule has 0 aliphatic heterocycles. The van der Waals surface area contributed by atoms with Crippen LogP contribution in [0.5, 0.6) is 5.75 Å². The fourth-order valence-corrected chi connectivity index (χ4v) is 4.04. The van der Waals surface area contributed by atoms with Gasteiger partial charge < -0.3 is 14.3 Å². The van der Waals surface area contributed by atoms with Crippen molar-refractivity contribution in [2.75, 3.05) is 6.61 Å². The molecular formula is C29H31N3O4. The summed E-state index contributed by atoms with van der Waals surface area (Å²) >= 11 is 0. The number of ether oxygens (including phenoxy) is 1. The first-order valence-corrected chi connectivity index (χ1v) is 12.1. The van der Waals surface area contributed by atoms with E-state index in [1.807, 2.05) is 49.4 Å². The second kappa shape index (κ2) is 11.2. The zero-order chi connectivity index (χ0) is 25.7. The van der Waals surface area contributed by atoms with Crippen LogP contribution in [0.2, 0.25) is 0 Å². The van der Waals surface area contributed by atoms with E-state index in [1.54, 1.807) is 18.6 Å². The summed E-state index contributed by atoms with van der Waals surface area (Å²) in [7, 11) is 0. The molecule has 2 heterocycles. The summed E-state index contributed by atoms with van der Waals surface area (Å²) in [6, 6.07) is 13.7. The van der Waals surface area contributed by atoms with Crippen LogP contribution in [0.25, 0.3) is 22.7 Å². The van der Waals surface area contributed by atoms with Gasteiger partial charge in [-0.2, -0.15) is 0 Å². The predicted molar refractivity (Wildman–Crippen MR) is 138 cm³/mol. The van der Waals surface area contributed by atoms with Gasteiger partial charge in [0.1, 0.15) is 11.5 Å². The smallest absolute Gasteiger partial charge is 0.303 e. The summed E-state index contributed by atoms with van der Waals surface area (Å²) in [6.45, 7) is 8.70. The minimum absolute atomic E-state index is 0.00508. The van der Waals surface area contributed by atoms with E-state index in [4.69, 9.17) is 19.2 Å². The zero-order valence-electron chi connectivity index (χ0n) is 21.1. The average molecular weight is 486 g/mol. The van der Waals surface area contributed by atoms with Crippen molar-refractivity contribution in [1.29, 1.82) is 0 Å². The van der Waals surface area contributed by atoms with E-state index >= 15 is 0 Å². The quantitative estimate of drug-likeness (QED) is 0.276. The largest absolute Gasteiger partial charge is 0.493 e. The third kappa shape index (κ3) is 5.97. The Labute approximate surface area is 211 Å². The molecule has 0 spiro atoms. The predicted octanol–water partition coefficient (Wildman–Crippen LogP) is 6.43. The summed E-state index contributed by atoms with van der Waals surface area (Å²) in [5, 5.41) is 8.93. The standard InChI is InChI=1S/C29H31N3O4/c1-18(2)27-28(20(4)17-35-24-11-9-21(19(3)15-24)10-12-26(33)34)36-29(32-27)23-7-5-22(6-8-23)25-16-30-13-14-31-25/h5-9,11,13-16,18,20H,10,12,17H2,1-4H3,(H,33,34). The highest BCUT2D eigenvalue weighted by Gasteiger charge is 2.23. The van der Waals surface area contributed by atoms with Gasteiger partial charge in [-0.15, -0.1) is 0 Å². The van der Waals surface area contributed by atoms with Crippen LogP contribution < -0.4 is 4.74 Å². The molecule has 0 aliphatic rings. The number of oxazole rings is 1. The molecule has 1 atom stereocenters. The minimum Gasteiger partial charge on any atom is -0.493 e. The third-order valence-corrected chi connectivity index (χ3v) is 6.09. The summed E-state index contributed by atoms with van der Waals surface area (Å²) in [5.41, 5.74) is 5.67. The first kappa shape index (κ1) is 25.1. The van der Waals surface area contributed by atoms with Gasteiger partial charge in [0.05, 0.1) is 30.1 Å². The molecular weight excluding hydrogens is 454 g/mol. The van der Waals surface area contributed by atoms with Gasteiger partial charge in [-0.05, 0) is 54.7 Å². The zero-order valence-corrected chi connectivity index (χ0v) is 21.1. The van der Waals surface area contributed by atoms with Crippen molar-refractivity contribution in [3.63, 3.8) is 0 Å². The van der Waals surface area contributed by atoms with E-state index in [1.165, 1.54) is 0 Å². The topological polar surface area (TPSA) is 98.3 Å². The molecule has 4 rings (SSSR count). The van der Waals surface area contributed by atoms with E-state index in [0.29, 0.717) is 18.9 Å². The molecule has 2 aromatic carbocycles. The molecule has 0 fully saturated rings. The molecule has 0 saturated carbocycles. The lowest BCUT2D eigenvalue weighted by Gasteiger charge is -2.14. The summed E-state index contributed by atoms with van der Waals surface area (Å²) < 4.78 is 12.4. The van der Waals surface area contributed by atoms with Crippen molar-refractivity contribution >= 4 is 5.97 Å². The summed E-state index contributed by atoms with van der Waals surface area (Å²) in [6.07, 6.45) is 5.70. The maximum Gasteiger partial charge on any atom is 0.303 e. The SMILES string of the molecule is Cc1cc(OCC(C)c2oc(-c3ccc(-c4cnccn4)cc3)nc2C(C)C)ccc1CCC(=O)O. The lowest BCUT2D eigenvalue weighted by atomic mass is 10.0. The molecule has 1 unspecified atom stereocenters. The Balaban J connectivity index is 1.48. The van der Waals surface area contributed by atoms with Crippen LogP contribution in [0, 0.1) is 6.92 Å². The van der Waals surface area contributed by atoms with E-state index in [0.717, 1.165) is 45.2 Å². The Hall–Kier alpha value is -4.00. The van der Waals surface area contributed by atoms with Crippen molar-refractivity contribution in [2.45, 2.75) is 52.4 Å². The highest BCUT2D eigenvalue weighted by atomic mass is 16.5. The molecule has 0 saturated heterocycles. The normalized spacial score (nSPS) is 12.0. The van der Waals surface area contributed by atoms with Crippen LogP contribution in [0.1, 0.15) is 61.6 Å². The molecule has 7 heteroatoms. The number of aryl methyl sites for hydroxylation is 2. The Bertz CT molecular complexity index is 1310. The number of rotatable bonds is 10. The molecule has 0 aliphatic carbocycles. The maximum atomic E-state index is 10.9. The van der Waals surface area contributed by atoms with E-state index < -0.39 is 5.97 Å². The first-order valence-electron chi connectivity index (χ1n) is 12.1. The number of hydrogen-bond acceptors (Lipinski definition) is 6. The van der Waals surface area contributed by atoms with Crippen LogP contribution in [0.3, 0.4) is 0 Å². The van der Waals surface area contributed by atoms with Gasteiger partial charge in [0, 0.05) is 29.9 Å². The first-order chi connectivity index (χ1) is 17.3. The molecule has 186 valence electrons. The van der Waals surface area contributed by atoms with Crippen LogP contribution in [0.4, 0.5) is 0 Å². The molecule has 0 amide bonds. The van der Waals surface area contributed by atoms with Gasteiger partial charge in [-0.1, -0.05) is 39.0 Å². The Morgan fingerprint density at radius 2 is 1.81 bits per heavy atom. The number of carboxylic acid groups (broad SMARTS) is 1. The molecule has 4 aromatic rings. The molecule has 1 N–H and O–H groups in total. The van der Waals surface area contributed by atoms with E-state index in [9.17, 15) is 4.79 Å². The van der Waals surface area contributed by atoms with Crippen molar-refractivity contribution in [3.8, 4) is 28.5 Å². The lowest BCUT2D eigenvalue weighted by Crippen LogP contribution is -2.09. The monoisotopic (exact) mass is 485 g/mol. The summed E-state index contributed by atoms with van der Waals surface area (Å²) in [5.74, 6) is 1.57. The molecule has 0 bridgehead atoms. The highest BCUT2D eigenvalue weighted by molar-refractivity contribution is 5.67. The van der Waals surface area contributed by atoms with Crippen LogP contribution in [0.15, 0.2) is 65.5 Å². The van der Waals surface area contributed by atoms with Gasteiger partial charge in [0.25, 0.3) is 0 Å². The molecule has 2 aromatic heterocycles. The fourth-order valence-electron chi connectivity index (χ4n) is 4.04. The van der Waals surface area contributed by atoms with Gasteiger partial charge in [0.15, 0.2) is 0 Å². The van der Waals surface area contributed by atoms with Gasteiger partial charge in [0.2, 0.25) is 5.89 Å². The van der Waals surface area contributed by atoms with Crippen LogP contribution in [-0.4, -0.2) is 32.6 Å². The Morgan fingerprint density at radius 1 is 1.06 bits per heavy atom. The average Bonchev–Trinajstić information content (AvgIpc) is 3.33.